The molecule has 25 nitrogen and oxygen atoms in total. The first-order chi connectivity index (χ1) is 37.4. The van der Waals surface area contributed by atoms with E-state index in [0.29, 0.717) is 38.6 Å². The predicted molar refractivity (Wildman–Crippen MR) is 282 cm³/mol. The largest absolute Gasteiger partial charge is 0.481 e. The Balaban J connectivity index is 4.00. The van der Waals surface area contributed by atoms with E-state index in [-0.39, 0.29) is 128 Å². The van der Waals surface area contributed by atoms with Gasteiger partial charge >= 0.3 is 23.9 Å². The lowest BCUT2D eigenvalue weighted by Gasteiger charge is -2.16. The molecule has 4 atom stereocenters. The van der Waals surface area contributed by atoms with Gasteiger partial charge in [-0.3, -0.25) is 43.2 Å². The van der Waals surface area contributed by atoms with Gasteiger partial charge in [-0.25, -0.2) is 9.59 Å². The van der Waals surface area contributed by atoms with Crippen molar-refractivity contribution in [2.45, 2.75) is 180 Å². The van der Waals surface area contributed by atoms with E-state index in [1.54, 1.807) is 0 Å². The highest BCUT2D eigenvalue weighted by atomic mass is 16.5. The summed E-state index contributed by atoms with van der Waals surface area (Å²) in [5.41, 5.74) is 0. The van der Waals surface area contributed by atoms with Crippen molar-refractivity contribution >= 4 is 65.0 Å². The second-order valence-electron chi connectivity index (χ2n) is 19.1. The summed E-state index contributed by atoms with van der Waals surface area (Å²) in [4.78, 5) is 131. The Morgan fingerprint density at radius 3 is 1.31 bits per heavy atom. The maximum absolute atomic E-state index is 12.5. The maximum atomic E-state index is 12.5. The van der Waals surface area contributed by atoms with Crippen LogP contribution in [0.5, 0.6) is 0 Å². The minimum absolute atomic E-state index is 0.00840. The number of carboxylic acid groups (broad SMARTS) is 4. The minimum Gasteiger partial charge on any atom is -0.481 e. The van der Waals surface area contributed by atoms with Crippen LogP contribution in [-0.2, 0) is 71.7 Å². The first-order valence-electron chi connectivity index (χ1n) is 27.6. The van der Waals surface area contributed by atoms with E-state index in [2.05, 4.69) is 26.6 Å². The molecule has 0 aliphatic rings. The smallest absolute Gasteiger partial charge is 0.326 e. The van der Waals surface area contributed by atoms with Crippen molar-refractivity contribution < 1.29 is 97.2 Å². The lowest BCUT2D eigenvalue weighted by Crippen LogP contribution is -2.42. The van der Waals surface area contributed by atoms with Crippen molar-refractivity contribution in [3.05, 3.63) is 0 Å². The average molecular weight is 1120 g/mol. The molecule has 10 N–H and O–H groups in total. The molecule has 0 unspecified atom stereocenters. The van der Waals surface area contributed by atoms with Crippen LogP contribution in [-0.4, -0.2) is 182 Å². The Labute approximate surface area is 458 Å². The molecule has 0 bridgehead atoms. The van der Waals surface area contributed by atoms with E-state index in [4.69, 9.17) is 29.2 Å². The number of nitrogens with one attached hydrogen (secondary N) is 5. The van der Waals surface area contributed by atoms with Gasteiger partial charge in [-0.05, 0) is 51.4 Å². The normalized spacial score (nSPS) is 12.6. The zero-order valence-corrected chi connectivity index (χ0v) is 45.8. The number of hydrogen-bond acceptors (Lipinski definition) is 16. The number of rotatable bonds is 55. The first kappa shape index (κ1) is 72.4. The van der Waals surface area contributed by atoms with Crippen LogP contribution in [0, 0.1) is 11.8 Å². The van der Waals surface area contributed by atoms with Crippen LogP contribution >= 0.6 is 0 Å². The number of aliphatic hydroxyl groups is 1. The molecule has 0 saturated carbocycles. The number of carboxylic acids is 4. The third-order valence-corrected chi connectivity index (χ3v) is 12.5. The van der Waals surface area contributed by atoms with Crippen LogP contribution in [0.4, 0.5) is 0 Å². The van der Waals surface area contributed by atoms with Crippen molar-refractivity contribution in [3.63, 3.8) is 0 Å². The molecule has 0 aromatic rings. The molecule has 0 radical (unpaired) electrons. The maximum Gasteiger partial charge on any atom is 0.326 e. The third kappa shape index (κ3) is 43.4. The molecule has 0 aliphatic heterocycles. The van der Waals surface area contributed by atoms with E-state index in [9.17, 15) is 68.1 Å². The minimum atomic E-state index is -1.40. The highest BCUT2D eigenvalue weighted by Crippen LogP contribution is 2.16. The molecule has 5 amide bonds. The van der Waals surface area contributed by atoms with Crippen LogP contribution in [0.1, 0.15) is 167 Å². The Morgan fingerprint density at radius 1 is 0.397 bits per heavy atom. The molecule has 0 aliphatic carbocycles. The summed E-state index contributed by atoms with van der Waals surface area (Å²) in [7, 11) is 0. The molecule has 0 saturated heterocycles. The van der Waals surface area contributed by atoms with Crippen LogP contribution < -0.4 is 26.6 Å². The highest BCUT2D eigenvalue weighted by Gasteiger charge is 2.26. The fourth-order valence-corrected chi connectivity index (χ4v) is 7.89. The van der Waals surface area contributed by atoms with Crippen LogP contribution in [0.3, 0.4) is 0 Å². The number of Topliss-reactive ketones (excluding diaryl/α,β-unsaturated/α-hetero) is 2. The number of hydrogen-bond donors (Lipinski definition) is 10. The molecule has 0 fully saturated rings. The zero-order valence-electron chi connectivity index (χ0n) is 45.8. The number of ether oxygens (including phenoxy) is 4. The number of amides is 5. The standard InChI is InChI=1S/C53H91N5O20/c1-2-39(44(61)36-59)17-15-16-26-54-45(62)24-21-43(53(73)74)58-48(65)23-20-40(51(69)70)35-41(60)37-77-33-31-76-30-28-56-49(66)38-78-34-32-75-29-27-55-46(63)25-22-42(52(71)72)57-47(64)18-13-11-9-7-5-3-4-6-8-10-12-14-19-50(67)68/h39-40,42-43,59H,2-38H2,1H3,(H,54,62)(H,55,63)(H,56,66)(H,57,64)(H,58,65)(H,67,68)(H,69,70)(H,71,72)(H,73,74)/t39-,40+,42-,43-/m0/s1. The molecular formula is C53H91N5O20. The van der Waals surface area contributed by atoms with Crippen molar-refractivity contribution in [1.82, 2.24) is 26.6 Å². The van der Waals surface area contributed by atoms with E-state index in [0.717, 1.165) is 70.6 Å². The Morgan fingerprint density at radius 2 is 0.833 bits per heavy atom. The first-order valence-corrected chi connectivity index (χ1v) is 27.6. The number of carbonyl (C=O) groups is 11. The average Bonchev–Trinajstić information content (AvgIpc) is 3.39. The van der Waals surface area contributed by atoms with Gasteiger partial charge in [-0.2, -0.15) is 0 Å². The summed E-state index contributed by atoms with van der Waals surface area (Å²) in [5.74, 6) is -9.27. The molecule has 448 valence electrons. The fourth-order valence-electron chi connectivity index (χ4n) is 7.89. The highest BCUT2D eigenvalue weighted by molar-refractivity contribution is 5.87. The van der Waals surface area contributed by atoms with Crippen LogP contribution in [0.2, 0.25) is 0 Å². The Hall–Kier alpha value is -5.63. The number of ketones is 2. The summed E-state index contributed by atoms with van der Waals surface area (Å²) < 4.78 is 21.3. The molecule has 0 rings (SSSR count). The number of aliphatic hydroxyl groups excluding tert-OH is 1. The summed E-state index contributed by atoms with van der Waals surface area (Å²) in [5, 5.41) is 59.0. The summed E-state index contributed by atoms with van der Waals surface area (Å²) in [6.07, 6.45) is 13.3. The monoisotopic (exact) mass is 1120 g/mol. The summed E-state index contributed by atoms with van der Waals surface area (Å²) >= 11 is 0. The SMILES string of the molecule is CC[C@@H](CCCCNC(=O)CC[C@H](NC(=O)CC[C@H](CC(=O)COCCOCCNC(=O)COCCOCCNC(=O)CC[C@H](NC(=O)CCCCCCCCCCCCCCC(=O)O)C(=O)O)C(=O)O)C(=O)O)C(=O)CO. The van der Waals surface area contributed by atoms with Gasteiger partial charge in [0.1, 0.15) is 31.9 Å². The summed E-state index contributed by atoms with van der Waals surface area (Å²) in [6, 6.07) is -2.58. The van der Waals surface area contributed by atoms with Gasteiger partial charge in [0.2, 0.25) is 29.5 Å². The van der Waals surface area contributed by atoms with Gasteiger partial charge in [0.05, 0.1) is 45.6 Å². The lowest BCUT2D eigenvalue weighted by atomic mass is 9.95. The Kier molecular flexibility index (Phi) is 45.0. The number of unbranched alkanes of at least 4 members (excludes halogenated alkanes) is 12. The molecule has 0 heterocycles. The molecular weight excluding hydrogens is 1030 g/mol. The quantitative estimate of drug-likeness (QED) is 0.0391. The topological polar surface area (TPSA) is 386 Å². The second-order valence-corrected chi connectivity index (χ2v) is 19.1. The van der Waals surface area contributed by atoms with E-state index in [1.165, 1.54) is 0 Å². The third-order valence-electron chi connectivity index (χ3n) is 12.5. The van der Waals surface area contributed by atoms with Crippen molar-refractivity contribution in [2.24, 2.45) is 11.8 Å². The molecule has 25 heteroatoms. The van der Waals surface area contributed by atoms with Crippen molar-refractivity contribution in [2.75, 3.05) is 79.1 Å². The van der Waals surface area contributed by atoms with Gasteiger partial charge in [-0.1, -0.05) is 77.6 Å². The van der Waals surface area contributed by atoms with Gasteiger partial charge in [0.15, 0.2) is 11.6 Å². The van der Waals surface area contributed by atoms with Gasteiger partial charge in [0, 0.05) is 64.1 Å². The van der Waals surface area contributed by atoms with Crippen molar-refractivity contribution in [3.8, 4) is 0 Å². The number of carbonyl (C=O) groups excluding carboxylic acids is 7. The van der Waals surface area contributed by atoms with E-state index < -0.39 is 90.9 Å². The molecule has 78 heavy (non-hydrogen) atoms. The van der Waals surface area contributed by atoms with E-state index in [1.807, 2.05) is 6.92 Å². The fraction of sp³-hybridized carbons (Fsp3) is 0.792. The molecule has 0 spiro atoms. The molecule has 0 aromatic heterocycles. The predicted octanol–water partition coefficient (Wildman–Crippen LogP) is 2.84. The van der Waals surface area contributed by atoms with E-state index >= 15 is 0 Å². The van der Waals surface area contributed by atoms with Gasteiger partial charge in [0.25, 0.3) is 0 Å². The lowest BCUT2D eigenvalue weighted by molar-refractivity contribution is -0.145. The van der Waals surface area contributed by atoms with Crippen LogP contribution in [0.25, 0.3) is 0 Å². The zero-order chi connectivity index (χ0) is 58.2. The van der Waals surface area contributed by atoms with Gasteiger partial charge in [-0.15, -0.1) is 0 Å². The molecule has 0 aromatic carbocycles. The Bertz CT molecular complexity index is 1770. The van der Waals surface area contributed by atoms with Crippen LogP contribution in [0.15, 0.2) is 0 Å². The summed E-state index contributed by atoms with van der Waals surface area (Å²) in [6.45, 7) is 1.83. The number of aliphatic carboxylic acids is 4. The second kappa shape index (κ2) is 48.5. The van der Waals surface area contributed by atoms with Crippen molar-refractivity contribution in [1.29, 1.82) is 0 Å². The van der Waals surface area contributed by atoms with Gasteiger partial charge < -0.3 is 71.1 Å².